The molecule has 5 heteroatoms. The minimum absolute atomic E-state index is 0.0656. The fourth-order valence-corrected chi connectivity index (χ4v) is 2.38. The topological polar surface area (TPSA) is 58.2 Å². The number of thioether (sulfide) groups is 1. The number of carbonyl (C=O) groups is 2. The highest BCUT2D eigenvalue weighted by Gasteiger charge is 2.05. The van der Waals surface area contributed by atoms with Crippen LogP contribution < -0.4 is 10.6 Å². The molecule has 2 aromatic carbocycles. The van der Waals surface area contributed by atoms with E-state index < -0.39 is 0 Å². The first-order valence-electron chi connectivity index (χ1n) is 6.87. The lowest BCUT2D eigenvalue weighted by Crippen LogP contribution is -2.14. The largest absolute Gasteiger partial charge is 0.326 e. The summed E-state index contributed by atoms with van der Waals surface area (Å²) in [6.07, 6.45) is 2.31. The van der Waals surface area contributed by atoms with Crippen LogP contribution in [0.1, 0.15) is 12.5 Å². The fraction of sp³-hybridized carbons (Fsp3) is 0.176. The van der Waals surface area contributed by atoms with Gasteiger partial charge in [-0.25, -0.2) is 0 Å². The minimum atomic E-state index is -0.112. The van der Waals surface area contributed by atoms with Crippen molar-refractivity contribution in [2.75, 3.05) is 16.9 Å². The zero-order valence-corrected chi connectivity index (χ0v) is 13.4. The Balaban J connectivity index is 1.92. The monoisotopic (exact) mass is 314 g/mol. The summed E-state index contributed by atoms with van der Waals surface area (Å²) >= 11 is 1.66. The maximum Gasteiger partial charge on any atom is 0.228 e. The second-order valence-electron chi connectivity index (χ2n) is 4.83. The van der Waals surface area contributed by atoms with Gasteiger partial charge < -0.3 is 10.6 Å². The van der Waals surface area contributed by atoms with Crippen LogP contribution in [0.15, 0.2) is 53.4 Å². The van der Waals surface area contributed by atoms with Crippen LogP contribution >= 0.6 is 11.8 Å². The maximum atomic E-state index is 12.0. The van der Waals surface area contributed by atoms with Crippen molar-refractivity contribution in [3.63, 3.8) is 0 Å². The molecule has 0 aliphatic rings. The van der Waals surface area contributed by atoms with Crippen LogP contribution in [0.5, 0.6) is 0 Å². The van der Waals surface area contributed by atoms with Gasteiger partial charge in [0.2, 0.25) is 11.8 Å². The van der Waals surface area contributed by atoms with Crippen LogP contribution in [-0.2, 0) is 16.0 Å². The Morgan fingerprint density at radius 3 is 2.00 bits per heavy atom. The van der Waals surface area contributed by atoms with Crippen molar-refractivity contribution in [1.82, 2.24) is 0 Å². The van der Waals surface area contributed by atoms with E-state index in [-0.39, 0.29) is 11.8 Å². The van der Waals surface area contributed by atoms with E-state index in [1.54, 1.807) is 23.9 Å². The number of rotatable bonds is 5. The summed E-state index contributed by atoms with van der Waals surface area (Å²) in [7, 11) is 0. The summed E-state index contributed by atoms with van der Waals surface area (Å²) < 4.78 is 0. The Kier molecular flexibility index (Phi) is 5.61. The molecule has 0 saturated carbocycles. The van der Waals surface area contributed by atoms with Gasteiger partial charge in [0.25, 0.3) is 0 Å². The highest BCUT2D eigenvalue weighted by atomic mass is 32.2. The quantitative estimate of drug-likeness (QED) is 0.830. The zero-order valence-electron chi connectivity index (χ0n) is 12.6. The lowest BCUT2D eigenvalue weighted by Gasteiger charge is -2.07. The van der Waals surface area contributed by atoms with Gasteiger partial charge in [0.1, 0.15) is 0 Å². The molecule has 4 nitrogen and oxygen atoms in total. The minimum Gasteiger partial charge on any atom is -0.326 e. The molecule has 0 atom stereocenters. The van der Waals surface area contributed by atoms with Crippen molar-refractivity contribution >= 4 is 35.0 Å². The molecule has 0 aliphatic heterocycles. The van der Waals surface area contributed by atoms with Gasteiger partial charge in [-0.2, -0.15) is 0 Å². The smallest absolute Gasteiger partial charge is 0.228 e. The van der Waals surface area contributed by atoms with Gasteiger partial charge in [0.15, 0.2) is 0 Å². The molecule has 2 N–H and O–H groups in total. The van der Waals surface area contributed by atoms with Crippen LogP contribution in [0.3, 0.4) is 0 Å². The number of nitrogens with one attached hydrogen (secondary N) is 2. The molecule has 0 spiro atoms. The van der Waals surface area contributed by atoms with E-state index in [2.05, 4.69) is 10.6 Å². The van der Waals surface area contributed by atoms with Crippen molar-refractivity contribution in [3.8, 4) is 0 Å². The first-order chi connectivity index (χ1) is 10.6. The van der Waals surface area contributed by atoms with E-state index in [0.717, 1.165) is 21.8 Å². The molecule has 0 aliphatic carbocycles. The van der Waals surface area contributed by atoms with Gasteiger partial charge in [0, 0.05) is 23.2 Å². The summed E-state index contributed by atoms with van der Waals surface area (Å²) in [5, 5.41) is 5.57. The molecule has 0 saturated heterocycles. The molecular formula is C17H18N2O2S. The molecule has 22 heavy (non-hydrogen) atoms. The Bertz CT molecular complexity index is 651. The molecular weight excluding hydrogens is 296 g/mol. The molecule has 0 unspecified atom stereocenters. The average Bonchev–Trinajstić information content (AvgIpc) is 2.49. The Morgan fingerprint density at radius 1 is 0.909 bits per heavy atom. The number of anilines is 2. The molecule has 2 aromatic rings. The van der Waals surface area contributed by atoms with Crippen LogP contribution in [-0.4, -0.2) is 18.1 Å². The number of amides is 2. The van der Waals surface area contributed by atoms with Crippen LogP contribution in [0.2, 0.25) is 0 Å². The lowest BCUT2D eigenvalue weighted by molar-refractivity contribution is -0.116. The fourth-order valence-electron chi connectivity index (χ4n) is 1.97. The SMILES string of the molecule is CSc1ccc(NC(=O)Cc2ccc(NC(C)=O)cc2)cc1. The molecule has 114 valence electrons. The molecule has 0 heterocycles. The lowest BCUT2D eigenvalue weighted by atomic mass is 10.1. The summed E-state index contributed by atoms with van der Waals surface area (Å²) in [6, 6.07) is 15.0. The van der Waals surface area contributed by atoms with Crippen molar-refractivity contribution in [3.05, 3.63) is 54.1 Å². The van der Waals surface area contributed by atoms with Gasteiger partial charge >= 0.3 is 0 Å². The normalized spacial score (nSPS) is 10.1. The third kappa shape index (κ3) is 4.93. The molecule has 2 amide bonds. The first kappa shape index (κ1) is 16.1. The van der Waals surface area contributed by atoms with E-state index in [1.807, 2.05) is 42.7 Å². The average molecular weight is 314 g/mol. The Labute approximate surface area is 134 Å². The van der Waals surface area contributed by atoms with Crippen molar-refractivity contribution < 1.29 is 9.59 Å². The summed E-state index contributed by atoms with van der Waals surface area (Å²) in [6.45, 7) is 1.46. The van der Waals surface area contributed by atoms with E-state index in [4.69, 9.17) is 0 Å². The maximum absolute atomic E-state index is 12.0. The van der Waals surface area contributed by atoms with E-state index >= 15 is 0 Å². The summed E-state index contributed by atoms with van der Waals surface area (Å²) in [4.78, 5) is 24.1. The molecule has 0 aromatic heterocycles. The zero-order chi connectivity index (χ0) is 15.9. The Morgan fingerprint density at radius 2 is 1.45 bits per heavy atom. The summed E-state index contributed by atoms with van der Waals surface area (Å²) in [5.41, 5.74) is 2.41. The second-order valence-corrected chi connectivity index (χ2v) is 5.71. The predicted molar refractivity (Wildman–Crippen MR) is 91.3 cm³/mol. The van der Waals surface area contributed by atoms with Crippen molar-refractivity contribution in [2.24, 2.45) is 0 Å². The van der Waals surface area contributed by atoms with Gasteiger partial charge in [0.05, 0.1) is 6.42 Å². The van der Waals surface area contributed by atoms with Gasteiger partial charge in [-0.1, -0.05) is 12.1 Å². The third-order valence-electron chi connectivity index (χ3n) is 3.01. The molecule has 0 radical (unpaired) electrons. The molecule has 2 rings (SSSR count). The summed E-state index contributed by atoms with van der Waals surface area (Å²) in [5.74, 6) is -0.177. The van der Waals surface area contributed by atoms with Gasteiger partial charge in [-0.3, -0.25) is 9.59 Å². The highest BCUT2D eigenvalue weighted by molar-refractivity contribution is 7.98. The third-order valence-corrected chi connectivity index (χ3v) is 3.76. The van der Waals surface area contributed by atoms with Crippen LogP contribution in [0.4, 0.5) is 11.4 Å². The molecule has 0 bridgehead atoms. The van der Waals surface area contributed by atoms with E-state index in [1.165, 1.54) is 6.92 Å². The van der Waals surface area contributed by atoms with Gasteiger partial charge in [-0.05, 0) is 48.2 Å². The molecule has 0 fully saturated rings. The number of carbonyl (C=O) groups excluding carboxylic acids is 2. The predicted octanol–water partition coefficient (Wildman–Crippen LogP) is 3.55. The number of benzene rings is 2. The van der Waals surface area contributed by atoms with Crippen molar-refractivity contribution in [2.45, 2.75) is 18.2 Å². The Hall–Kier alpha value is -2.27. The number of hydrogen-bond donors (Lipinski definition) is 2. The second kappa shape index (κ2) is 7.66. The highest BCUT2D eigenvalue weighted by Crippen LogP contribution is 2.18. The standard InChI is InChI=1S/C17H18N2O2S/c1-12(20)18-14-5-3-13(4-6-14)11-17(21)19-15-7-9-16(22-2)10-8-15/h3-10H,11H2,1-2H3,(H,18,20)(H,19,21). The van der Waals surface area contributed by atoms with Crippen LogP contribution in [0, 0.1) is 0 Å². The van der Waals surface area contributed by atoms with E-state index in [9.17, 15) is 9.59 Å². The van der Waals surface area contributed by atoms with Crippen LogP contribution in [0.25, 0.3) is 0 Å². The van der Waals surface area contributed by atoms with Crippen molar-refractivity contribution in [1.29, 1.82) is 0 Å². The first-order valence-corrected chi connectivity index (χ1v) is 8.10. The van der Waals surface area contributed by atoms with E-state index in [0.29, 0.717) is 6.42 Å². The van der Waals surface area contributed by atoms with Gasteiger partial charge in [-0.15, -0.1) is 11.8 Å². The number of hydrogen-bond acceptors (Lipinski definition) is 3.